The molecule has 0 amide bonds. The minimum Gasteiger partial charge on any atom is -0.367 e. The van der Waals surface area contributed by atoms with Crippen LogP contribution in [0.25, 0.3) is 5.65 Å². The summed E-state index contributed by atoms with van der Waals surface area (Å²) in [4.78, 5) is 20.3. The molecule has 1 aromatic carbocycles. The maximum absolute atomic E-state index is 14.4. The van der Waals surface area contributed by atoms with Gasteiger partial charge in [0.25, 0.3) is 0 Å². The summed E-state index contributed by atoms with van der Waals surface area (Å²) in [5.74, 6) is -0.465. The zero-order valence-corrected chi connectivity index (χ0v) is 15.8. The Bertz CT molecular complexity index is 995. The number of ketones is 1. The topological polar surface area (TPSA) is 40.9 Å². The normalized spacial score (nSPS) is 15.4. The molecule has 3 aromatic rings. The SMILES string of the molecule is CC(=O)c1ccc(N2CCN(Cc3cn4cc(Cl)ccc4n3)CC2)c(F)c1. The lowest BCUT2D eigenvalue weighted by molar-refractivity contribution is 0.101. The zero-order chi connectivity index (χ0) is 19.0. The molecule has 27 heavy (non-hydrogen) atoms. The molecule has 1 fully saturated rings. The minimum absolute atomic E-state index is 0.126. The first kappa shape index (κ1) is 17.9. The molecule has 0 N–H and O–H groups in total. The van der Waals surface area contributed by atoms with Gasteiger partial charge in [0.15, 0.2) is 5.78 Å². The third-order valence-electron chi connectivity index (χ3n) is 4.92. The van der Waals surface area contributed by atoms with Crippen molar-refractivity contribution in [3.8, 4) is 0 Å². The number of anilines is 1. The minimum atomic E-state index is -0.339. The maximum Gasteiger partial charge on any atom is 0.159 e. The van der Waals surface area contributed by atoms with Crippen LogP contribution in [0.4, 0.5) is 10.1 Å². The fourth-order valence-corrected chi connectivity index (χ4v) is 3.62. The summed E-state index contributed by atoms with van der Waals surface area (Å²) in [6, 6.07) is 8.45. The van der Waals surface area contributed by atoms with Gasteiger partial charge in [-0.1, -0.05) is 11.6 Å². The number of rotatable bonds is 4. The Labute approximate surface area is 162 Å². The summed E-state index contributed by atoms with van der Waals surface area (Å²) >= 11 is 6.02. The molecule has 0 saturated carbocycles. The van der Waals surface area contributed by atoms with Crippen LogP contribution in [0.15, 0.2) is 42.7 Å². The molecule has 7 heteroatoms. The van der Waals surface area contributed by atoms with Crippen molar-refractivity contribution in [3.63, 3.8) is 0 Å². The van der Waals surface area contributed by atoms with Crippen LogP contribution < -0.4 is 4.90 Å². The highest BCUT2D eigenvalue weighted by Gasteiger charge is 2.20. The first-order valence-electron chi connectivity index (χ1n) is 8.90. The molecule has 3 heterocycles. The molecule has 0 spiro atoms. The molecular weight excluding hydrogens is 367 g/mol. The van der Waals surface area contributed by atoms with Crippen LogP contribution in [0.2, 0.25) is 5.02 Å². The summed E-state index contributed by atoms with van der Waals surface area (Å²) in [5, 5.41) is 0.679. The highest BCUT2D eigenvalue weighted by Crippen LogP contribution is 2.23. The van der Waals surface area contributed by atoms with E-state index >= 15 is 0 Å². The predicted octanol–water partition coefficient (Wildman–Crippen LogP) is 3.65. The highest BCUT2D eigenvalue weighted by molar-refractivity contribution is 6.30. The zero-order valence-electron chi connectivity index (χ0n) is 15.0. The van der Waals surface area contributed by atoms with Crippen molar-refractivity contribution in [2.24, 2.45) is 0 Å². The number of Topliss-reactive ketones (excluding diaryl/α,β-unsaturated/α-hetero) is 1. The quantitative estimate of drug-likeness (QED) is 0.642. The lowest BCUT2D eigenvalue weighted by Gasteiger charge is -2.36. The Morgan fingerprint density at radius 1 is 1.15 bits per heavy atom. The van der Waals surface area contributed by atoms with Crippen molar-refractivity contribution < 1.29 is 9.18 Å². The van der Waals surface area contributed by atoms with Gasteiger partial charge in [-0.15, -0.1) is 0 Å². The third-order valence-corrected chi connectivity index (χ3v) is 5.14. The first-order chi connectivity index (χ1) is 13.0. The largest absolute Gasteiger partial charge is 0.367 e. The second kappa shape index (κ2) is 7.29. The summed E-state index contributed by atoms with van der Waals surface area (Å²) in [7, 11) is 0. The summed E-state index contributed by atoms with van der Waals surface area (Å²) in [6.45, 7) is 5.30. The molecular formula is C20H20ClFN4O. The molecule has 0 bridgehead atoms. The van der Waals surface area contributed by atoms with Crippen LogP contribution in [-0.2, 0) is 6.54 Å². The second-order valence-corrected chi connectivity index (χ2v) is 7.27. The van der Waals surface area contributed by atoms with Gasteiger partial charge in [0.2, 0.25) is 0 Å². The highest BCUT2D eigenvalue weighted by atomic mass is 35.5. The van der Waals surface area contributed by atoms with Gasteiger partial charge in [-0.3, -0.25) is 9.69 Å². The Kier molecular flexibility index (Phi) is 4.85. The van der Waals surface area contributed by atoms with Crippen molar-refractivity contribution in [1.29, 1.82) is 0 Å². The van der Waals surface area contributed by atoms with E-state index in [1.807, 2.05) is 33.8 Å². The van der Waals surface area contributed by atoms with Crippen LogP contribution >= 0.6 is 11.6 Å². The molecule has 0 aliphatic carbocycles. The van der Waals surface area contributed by atoms with Crippen molar-refractivity contribution in [3.05, 3.63) is 64.8 Å². The first-order valence-corrected chi connectivity index (χ1v) is 9.28. The Balaban J connectivity index is 1.40. The van der Waals surface area contributed by atoms with E-state index in [1.165, 1.54) is 13.0 Å². The molecule has 2 aromatic heterocycles. The van der Waals surface area contributed by atoms with Crippen LogP contribution in [-0.4, -0.2) is 46.2 Å². The summed E-state index contributed by atoms with van der Waals surface area (Å²) in [6.07, 6.45) is 3.84. The van der Waals surface area contributed by atoms with Gasteiger partial charge >= 0.3 is 0 Å². The van der Waals surface area contributed by atoms with Crippen LogP contribution in [0.3, 0.4) is 0 Å². The van der Waals surface area contributed by atoms with Gasteiger partial charge < -0.3 is 9.30 Å². The molecule has 1 aliphatic rings. The number of carbonyl (C=O) groups excluding carboxylic acids is 1. The number of imidazole rings is 1. The molecule has 5 nitrogen and oxygen atoms in total. The van der Waals surface area contributed by atoms with E-state index in [2.05, 4.69) is 9.88 Å². The average molecular weight is 387 g/mol. The monoisotopic (exact) mass is 386 g/mol. The maximum atomic E-state index is 14.4. The summed E-state index contributed by atoms with van der Waals surface area (Å²) < 4.78 is 16.3. The molecule has 0 atom stereocenters. The van der Waals surface area contributed by atoms with Gasteiger partial charge in [0.05, 0.1) is 16.4 Å². The molecule has 1 aliphatic heterocycles. The van der Waals surface area contributed by atoms with Crippen molar-refractivity contribution in [2.75, 3.05) is 31.1 Å². The molecule has 0 radical (unpaired) electrons. The predicted molar refractivity (Wildman–Crippen MR) is 104 cm³/mol. The standard InChI is InChI=1S/C20H20ClFN4O/c1-14(27)15-2-4-19(18(22)10-15)25-8-6-24(7-9-25)12-17-13-26-11-16(21)3-5-20(26)23-17/h2-5,10-11,13H,6-9,12H2,1H3. The number of piperazine rings is 1. The third kappa shape index (κ3) is 3.82. The fraction of sp³-hybridized carbons (Fsp3) is 0.300. The number of nitrogens with zero attached hydrogens (tertiary/aromatic N) is 4. The van der Waals surface area contributed by atoms with Crippen LogP contribution in [0.1, 0.15) is 23.0 Å². The van der Waals surface area contributed by atoms with Crippen molar-refractivity contribution in [2.45, 2.75) is 13.5 Å². The number of hydrogen-bond acceptors (Lipinski definition) is 4. The lowest BCUT2D eigenvalue weighted by atomic mass is 10.1. The van der Waals surface area contributed by atoms with Gasteiger partial charge in [-0.05, 0) is 37.3 Å². The number of carbonyl (C=O) groups is 1. The lowest BCUT2D eigenvalue weighted by Crippen LogP contribution is -2.46. The number of benzene rings is 1. The molecule has 140 valence electrons. The van der Waals surface area contributed by atoms with E-state index in [0.29, 0.717) is 16.3 Å². The smallest absolute Gasteiger partial charge is 0.159 e. The number of halogens is 2. The van der Waals surface area contributed by atoms with Crippen LogP contribution in [0, 0.1) is 5.82 Å². The van der Waals surface area contributed by atoms with E-state index in [1.54, 1.807) is 12.1 Å². The van der Waals surface area contributed by atoms with Gasteiger partial charge in [-0.25, -0.2) is 9.37 Å². The number of pyridine rings is 1. The van der Waals surface area contributed by atoms with E-state index < -0.39 is 0 Å². The molecule has 0 unspecified atom stereocenters. The average Bonchev–Trinajstić information content (AvgIpc) is 3.03. The van der Waals surface area contributed by atoms with Gasteiger partial charge in [0, 0.05) is 50.7 Å². The Morgan fingerprint density at radius 3 is 2.63 bits per heavy atom. The summed E-state index contributed by atoms with van der Waals surface area (Å²) in [5.41, 5.74) is 2.83. The number of aromatic nitrogens is 2. The van der Waals surface area contributed by atoms with E-state index in [9.17, 15) is 9.18 Å². The van der Waals surface area contributed by atoms with Crippen LogP contribution in [0.5, 0.6) is 0 Å². The molecule has 1 saturated heterocycles. The van der Waals surface area contributed by atoms with Crippen molar-refractivity contribution in [1.82, 2.24) is 14.3 Å². The second-order valence-electron chi connectivity index (χ2n) is 6.83. The van der Waals surface area contributed by atoms with E-state index in [-0.39, 0.29) is 11.6 Å². The fourth-order valence-electron chi connectivity index (χ4n) is 3.45. The Morgan fingerprint density at radius 2 is 1.93 bits per heavy atom. The van der Waals surface area contributed by atoms with E-state index in [0.717, 1.165) is 44.1 Å². The van der Waals surface area contributed by atoms with Crippen molar-refractivity contribution >= 4 is 28.7 Å². The number of fused-ring (bicyclic) bond motifs is 1. The Hall–Kier alpha value is -2.44. The number of hydrogen-bond donors (Lipinski definition) is 0. The van der Waals surface area contributed by atoms with Gasteiger partial charge in [-0.2, -0.15) is 0 Å². The molecule has 4 rings (SSSR count). The van der Waals surface area contributed by atoms with E-state index in [4.69, 9.17) is 11.6 Å². The van der Waals surface area contributed by atoms with Gasteiger partial charge in [0.1, 0.15) is 11.5 Å².